The van der Waals surface area contributed by atoms with Crippen molar-refractivity contribution in [2.24, 2.45) is 0 Å². The lowest BCUT2D eigenvalue weighted by atomic mass is 10.1. The molecule has 3 rings (SSSR count). The molecule has 0 saturated heterocycles. The first kappa shape index (κ1) is 13.4. The summed E-state index contributed by atoms with van der Waals surface area (Å²) in [6.07, 6.45) is 1.91. The van der Waals surface area contributed by atoms with Gasteiger partial charge in [0.25, 0.3) is 0 Å². The van der Waals surface area contributed by atoms with Crippen LogP contribution >= 0.6 is 15.9 Å². The Kier molecular flexibility index (Phi) is 3.17. The lowest BCUT2D eigenvalue weighted by molar-refractivity contribution is 1.07. The fourth-order valence-corrected chi connectivity index (χ4v) is 3.23. The average molecular weight is 329 g/mol. The molecule has 102 valence electrons. The van der Waals surface area contributed by atoms with Crippen molar-refractivity contribution in [2.45, 2.75) is 27.7 Å². The molecule has 0 aliphatic carbocycles. The molecule has 0 N–H and O–H groups in total. The Morgan fingerprint density at radius 2 is 1.55 bits per heavy atom. The van der Waals surface area contributed by atoms with Crippen LogP contribution < -0.4 is 0 Å². The molecule has 20 heavy (non-hydrogen) atoms. The summed E-state index contributed by atoms with van der Waals surface area (Å²) in [5, 5.41) is 0. The van der Waals surface area contributed by atoms with E-state index < -0.39 is 0 Å². The van der Waals surface area contributed by atoms with E-state index in [1.807, 2.05) is 6.33 Å². The quantitative estimate of drug-likeness (QED) is 0.613. The summed E-state index contributed by atoms with van der Waals surface area (Å²) >= 11 is 3.71. The number of aromatic nitrogens is 2. The minimum absolute atomic E-state index is 1.05. The van der Waals surface area contributed by atoms with Gasteiger partial charge in [0, 0.05) is 4.47 Å². The number of nitrogens with zero attached hydrogens (tertiary/aromatic N) is 2. The van der Waals surface area contributed by atoms with Gasteiger partial charge in [0.2, 0.25) is 0 Å². The predicted molar refractivity (Wildman–Crippen MR) is 87.7 cm³/mol. The number of hydrogen-bond donors (Lipinski definition) is 0. The lowest BCUT2D eigenvalue weighted by Gasteiger charge is -2.12. The van der Waals surface area contributed by atoms with Crippen LogP contribution in [-0.2, 0) is 0 Å². The molecule has 3 heteroatoms. The minimum atomic E-state index is 1.05. The molecule has 0 bridgehead atoms. The molecular formula is C17H17BrN2. The third kappa shape index (κ3) is 2.06. The highest BCUT2D eigenvalue weighted by Crippen LogP contribution is 2.30. The van der Waals surface area contributed by atoms with E-state index in [-0.39, 0.29) is 0 Å². The van der Waals surface area contributed by atoms with Gasteiger partial charge in [-0.05, 0) is 78.0 Å². The fourth-order valence-electron chi connectivity index (χ4n) is 2.81. The van der Waals surface area contributed by atoms with Gasteiger partial charge >= 0.3 is 0 Å². The van der Waals surface area contributed by atoms with Crippen LogP contribution in [0.2, 0.25) is 0 Å². The fraction of sp³-hybridized carbons (Fsp3) is 0.235. The first-order valence-corrected chi connectivity index (χ1v) is 7.48. The van der Waals surface area contributed by atoms with Gasteiger partial charge in [-0.2, -0.15) is 0 Å². The van der Waals surface area contributed by atoms with Gasteiger partial charge in [0.15, 0.2) is 0 Å². The largest absolute Gasteiger partial charge is 0.297 e. The van der Waals surface area contributed by atoms with Gasteiger partial charge in [-0.1, -0.05) is 12.1 Å². The summed E-state index contributed by atoms with van der Waals surface area (Å²) in [4.78, 5) is 4.56. The van der Waals surface area contributed by atoms with Gasteiger partial charge < -0.3 is 0 Å². The molecule has 0 fully saturated rings. The van der Waals surface area contributed by atoms with E-state index in [0.29, 0.717) is 0 Å². The Bertz CT molecular complexity index is 815. The molecule has 3 aromatic rings. The SMILES string of the molecule is Cc1cc(C)c(Br)c(-n2cnc3cc(C)cc(C)c32)c1. The van der Waals surface area contributed by atoms with Crippen molar-refractivity contribution in [1.82, 2.24) is 9.55 Å². The Hall–Kier alpha value is -1.61. The third-order valence-corrected chi connectivity index (χ3v) is 4.65. The second-order valence-electron chi connectivity index (χ2n) is 5.48. The number of hydrogen-bond acceptors (Lipinski definition) is 1. The Labute approximate surface area is 127 Å². The van der Waals surface area contributed by atoms with Gasteiger partial charge in [-0.25, -0.2) is 4.98 Å². The maximum atomic E-state index is 4.56. The molecule has 0 aliphatic heterocycles. The maximum absolute atomic E-state index is 4.56. The number of imidazole rings is 1. The van der Waals surface area contributed by atoms with Crippen molar-refractivity contribution in [2.75, 3.05) is 0 Å². The van der Waals surface area contributed by atoms with Crippen molar-refractivity contribution in [3.63, 3.8) is 0 Å². The summed E-state index contributed by atoms with van der Waals surface area (Å²) in [5.74, 6) is 0. The molecule has 2 aromatic carbocycles. The monoisotopic (exact) mass is 328 g/mol. The van der Waals surface area contributed by atoms with Crippen LogP contribution in [0.25, 0.3) is 16.7 Å². The van der Waals surface area contributed by atoms with Gasteiger partial charge in [-0.3, -0.25) is 4.57 Å². The van der Waals surface area contributed by atoms with Crippen LogP contribution in [0.4, 0.5) is 0 Å². The maximum Gasteiger partial charge on any atom is 0.100 e. The van der Waals surface area contributed by atoms with E-state index in [2.05, 4.69) is 77.4 Å². The first-order valence-electron chi connectivity index (χ1n) is 6.69. The molecule has 1 heterocycles. The van der Waals surface area contributed by atoms with Gasteiger partial charge in [0.1, 0.15) is 6.33 Å². The summed E-state index contributed by atoms with van der Waals surface area (Å²) in [6, 6.07) is 8.72. The highest BCUT2D eigenvalue weighted by atomic mass is 79.9. The van der Waals surface area contributed by atoms with Crippen molar-refractivity contribution >= 4 is 27.0 Å². The van der Waals surface area contributed by atoms with Crippen LogP contribution in [0.5, 0.6) is 0 Å². The first-order chi connectivity index (χ1) is 9.47. The molecule has 0 saturated carbocycles. The Morgan fingerprint density at radius 3 is 2.30 bits per heavy atom. The van der Waals surface area contributed by atoms with Crippen molar-refractivity contribution < 1.29 is 0 Å². The van der Waals surface area contributed by atoms with Crippen molar-refractivity contribution in [3.8, 4) is 5.69 Å². The van der Waals surface area contributed by atoms with Crippen molar-refractivity contribution in [3.05, 3.63) is 57.3 Å². The lowest BCUT2D eigenvalue weighted by Crippen LogP contribution is -1.97. The number of rotatable bonds is 1. The van der Waals surface area contributed by atoms with Gasteiger partial charge in [0.05, 0.1) is 16.7 Å². The smallest absolute Gasteiger partial charge is 0.100 e. The number of benzene rings is 2. The highest BCUT2D eigenvalue weighted by molar-refractivity contribution is 9.10. The van der Waals surface area contributed by atoms with E-state index in [1.54, 1.807) is 0 Å². The summed E-state index contributed by atoms with van der Waals surface area (Å²) < 4.78 is 3.30. The van der Waals surface area contributed by atoms with Crippen LogP contribution in [0.15, 0.2) is 35.1 Å². The predicted octanol–water partition coefficient (Wildman–Crippen LogP) is 5.02. The second kappa shape index (κ2) is 4.74. The molecule has 0 aliphatic rings. The summed E-state index contributed by atoms with van der Waals surface area (Å²) in [6.45, 7) is 8.50. The van der Waals surface area contributed by atoms with Gasteiger partial charge in [-0.15, -0.1) is 0 Å². The van der Waals surface area contributed by atoms with Crippen LogP contribution in [0.3, 0.4) is 0 Å². The van der Waals surface area contributed by atoms with Crippen LogP contribution in [-0.4, -0.2) is 9.55 Å². The zero-order valence-electron chi connectivity index (χ0n) is 12.2. The molecular weight excluding hydrogens is 312 g/mol. The topological polar surface area (TPSA) is 17.8 Å². The summed E-state index contributed by atoms with van der Waals surface area (Å²) in [7, 11) is 0. The van der Waals surface area contributed by atoms with E-state index in [1.165, 1.54) is 27.8 Å². The standard InChI is InChI=1S/C17H17BrN2/c1-10-6-13(4)17-14(7-10)19-9-20(17)15-8-11(2)5-12(3)16(15)18/h5-9H,1-4H3. The zero-order valence-corrected chi connectivity index (χ0v) is 13.7. The van der Waals surface area contributed by atoms with E-state index in [4.69, 9.17) is 0 Å². The molecule has 0 atom stereocenters. The van der Waals surface area contributed by atoms with E-state index >= 15 is 0 Å². The summed E-state index contributed by atoms with van der Waals surface area (Å²) in [5.41, 5.74) is 8.38. The number of aryl methyl sites for hydroxylation is 4. The normalized spacial score (nSPS) is 11.2. The molecule has 0 amide bonds. The average Bonchev–Trinajstić information content (AvgIpc) is 2.77. The second-order valence-corrected chi connectivity index (χ2v) is 6.27. The Balaban J connectivity index is 2.36. The van der Waals surface area contributed by atoms with E-state index in [0.717, 1.165) is 15.7 Å². The molecule has 0 unspecified atom stereocenters. The molecule has 2 nitrogen and oxygen atoms in total. The van der Waals surface area contributed by atoms with E-state index in [9.17, 15) is 0 Å². The molecule has 0 spiro atoms. The zero-order chi connectivity index (χ0) is 14.4. The third-order valence-electron chi connectivity index (χ3n) is 3.62. The molecule has 0 radical (unpaired) electrons. The molecule has 1 aromatic heterocycles. The van der Waals surface area contributed by atoms with Crippen LogP contribution in [0, 0.1) is 27.7 Å². The highest BCUT2D eigenvalue weighted by Gasteiger charge is 2.12. The number of fused-ring (bicyclic) bond motifs is 1. The van der Waals surface area contributed by atoms with Crippen molar-refractivity contribution in [1.29, 1.82) is 0 Å². The number of halogens is 1. The van der Waals surface area contributed by atoms with Crippen LogP contribution in [0.1, 0.15) is 22.3 Å². The minimum Gasteiger partial charge on any atom is -0.297 e. The Morgan fingerprint density at radius 1 is 0.900 bits per heavy atom.